The van der Waals surface area contributed by atoms with E-state index in [1.807, 2.05) is 18.2 Å². The highest BCUT2D eigenvalue weighted by Gasteiger charge is 2.30. The number of hydrogen-bond acceptors (Lipinski definition) is 4. The quantitative estimate of drug-likeness (QED) is 0.495. The van der Waals surface area contributed by atoms with Crippen LogP contribution in [0.3, 0.4) is 0 Å². The Bertz CT molecular complexity index is 1160. The lowest BCUT2D eigenvalue weighted by molar-refractivity contribution is -0.109. The molecule has 1 N–H and O–H groups in total. The molecule has 0 saturated carbocycles. The van der Waals surface area contributed by atoms with E-state index in [4.69, 9.17) is 16.6 Å². The van der Waals surface area contributed by atoms with Crippen LogP contribution in [-0.4, -0.2) is 22.8 Å². The van der Waals surface area contributed by atoms with Crippen LogP contribution in [0.4, 0.5) is 5.13 Å². The summed E-state index contributed by atoms with van der Waals surface area (Å²) in [5.41, 5.74) is 5.40. The summed E-state index contributed by atoms with van der Waals surface area (Å²) in [6.07, 6.45) is 1.04. The molecule has 26 heavy (non-hydrogen) atoms. The minimum atomic E-state index is -0.195. The molecule has 5 rings (SSSR count). The van der Waals surface area contributed by atoms with E-state index in [1.165, 1.54) is 10.3 Å². The summed E-state index contributed by atoms with van der Waals surface area (Å²) in [6, 6.07) is 12.1. The van der Waals surface area contributed by atoms with E-state index in [9.17, 15) is 4.79 Å². The molecule has 0 spiro atoms. The van der Waals surface area contributed by atoms with E-state index in [2.05, 4.69) is 35.0 Å². The second kappa shape index (κ2) is 5.83. The van der Waals surface area contributed by atoms with E-state index in [-0.39, 0.29) is 5.92 Å². The molecule has 4 aromatic rings. The van der Waals surface area contributed by atoms with Crippen LogP contribution in [0.1, 0.15) is 22.7 Å². The predicted octanol–water partition coefficient (Wildman–Crippen LogP) is 5.04. The monoisotopic (exact) mass is 381 g/mol. The van der Waals surface area contributed by atoms with Crippen LogP contribution in [0, 0.1) is 6.92 Å². The molecule has 2 aromatic carbocycles. The minimum absolute atomic E-state index is 0.195. The highest BCUT2D eigenvalue weighted by Crippen LogP contribution is 2.38. The predicted molar refractivity (Wildman–Crippen MR) is 108 cm³/mol. The molecule has 4 nitrogen and oxygen atoms in total. The molecular weight excluding hydrogens is 366 g/mol. The third kappa shape index (κ3) is 2.42. The lowest BCUT2D eigenvalue weighted by Crippen LogP contribution is -2.34. The van der Waals surface area contributed by atoms with Crippen LogP contribution < -0.4 is 4.90 Å². The van der Waals surface area contributed by atoms with Crippen molar-refractivity contribution in [1.29, 1.82) is 0 Å². The van der Waals surface area contributed by atoms with Gasteiger partial charge in [0.1, 0.15) is 6.29 Å². The standard InChI is InChI=1S/C20H16ClN3OS/c1-11-2-4-16-18(6-11)26-20(23-16)24-8-12(10-25)19-14-7-13(21)3-5-15(14)22-17(19)9-24/h2-7,10,12,22H,8-9H2,1H3. The Balaban J connectivity index is 1.61. The first-order valence-electron chi connectivity index (χ1n) is 8.50. The zero-order valence-electron chi connectivity index (χ0n) is 14.1. The van der Waals surface area contributed by atoms with Crippen molar-refractivity contribution < 1.29 is 4.79 Å². The summed E-state index contributed by atoms with van der Waals surface area (Å²) in [7, 11) is 0. The van der Waals surface area contributed by atoms with Gasteiger partial charge in [-0.3, -0.25) is 0 Å². The minimum Gasteiger partial charge on any atom is -0.357 e. The summed E-state index contributed by atoms with van der Waals surface area (Å²) >= 11 is 7.85. The number of aldehydes is 1. The van der Waals surface area contributed by atoms with Crippen LogP contribution in [0.25, 0.3) is 21.1 Å². The van der Waals surface area contributed by atoms with Crippen LogP contribution in [0.15, 0.2) is 36.4 Å². The molecule has 1 unspecified atom stereocenters. The summed E-state index contributed by atoms with van der Waals surface area (Å²) in [5, 5.41) is 2.69. The molecule has 0 fully saturated rings. The first kappa shape index (κ1) is 15.9. The molecule has 1 aliphatic rings. The smallest absolute Gasteiger partial charge is 0.186 e. The molecular formula is C20H16ClN3OS. The number of benzene rings is 2. The fourth-order valence-electron chi connectivity index (χ4n) is 3.78. The maximum absolute atomic E-state index is 11.9. The Morgan fingerprint density at radius 3 is 3.04 bits per heavy atom. The number of nitrogens with one attached hydrogen (secondary N) is 1. The van der Waals surface area contributed by atoms with Crippen molar-refractivity contribution in [2.45, 2.75) is 19.4 Å². The summed E-state index contributed by atoms with van der Waals surface area (Å²) in [6.45, 7) is 3.43. The Hall–Kier alpha value is -2.37. The highest BCUT2D eigenvalue weighted by molar-refractivity contribution is 7.22. The van der Waals surface area contributed by atoms with E-state index in [0.29, 0.717) is 18.1 Å². The van der Waals surface area contributed by atoms with Gasteiger partial charge in [-0.1, -0.05) is 29.0 Å². The van der Waals surface area contributed by atoms with Crippen LogP contribution in [0.5, 0.6) is 0 Å². The fraction of sp³-hybridized carbons (Fsp3) is 0.200. The van der Waals surface area contributed by atoms with Gasteiger partial charge in [-0.2, -0.15) is 0 Å². The van der Waals surface area contributed by atoms with Crippen molar-refractivity contribution in [3.8, 4) is 0 Å². The zero-order valence-corrected chi connectivity index (χ0v) is 15.7. The first-order chi connectivity index (χ1) is 12.6. The number of carbonyl (C=O) groups excluding carboxylic acids is 1. The molecule has 0 saturated heterocycles. The molecule has 6 heteroatoms. The van der Waals surface area contributed by atoms with Crippen molar-refractivity contribution in [1.82, 2.24) is 9.97 Å². The van der Waals surface area contributed by atoms with Crippen molar-refractivity contribution >= 4 is 55.5 Å². The molecule has 130 valence electrons. The SMILES string of the molecule is Cc1ccc2nc(N3Cc4[nH]c5ccc(Cl)cc5c4C(C=O)C3)sc2c1. The molecule has 3 heterocycles. The number of aryl methyl sites for hydroxylation is 1. The third-order valence-corrected chi connectivity index (χ3v) is 6.30. The lowest BCUT2D eigenvalue weighted by atomic mass is 9.93. The molecule has 1 atom stereocenters. The van der Waals surface area contributed by atoms with Gasteiger partial charge >= 0.3 is 0 Å². The molecule has 2 aromatic heterocycles. The van der Waals surface area contributed by atoms with E-state index in [0.717, 1.165) is 39.1 Å². The zero-order chi connectivity index (χ0) is 17.8. The number of H-pyrrole nitrogens is 1. The number of carbonyl (C=O) groups is 1. The van der Waals surface area contributed by atoms with Gasteiger partial charge < -0.3 is 14.7 Å². The van der Waals surface area contributed by atoms with E-state index >= 15 is 0 Å². The van der Waals surface area contributed by atoms with Crippen LogP contribution in [-0.2, 0) is 11.3 Å². The van der Waals surface area contributed by atoms with Crippen molar-refractivity contribution in [2.75, 3.05) is 11.4 Å². The number of aromatic amines is 1. The van der Waals surface area contributed by atoms with Gasteiger partial charge in [0.2, 0.25) is 0 Å². The average Bonchev–Trinajstić information content (AvgIpc) is 3.21. The highest BCUT2D eigenvalue weighted by atomic mass is 35.5. The number of thiazole rings is 1. The summed E-state index contributed by atoms with van der Waals surface area (Å²) in [4.78, 5) is 22.3. The number of hydrogen-bond donors (Lipinski definition) is 1. The van der Waals surface area contributed by atoms with Crippen LogP contribution in [0.2, 0.25) is 5.02 Å². The summed E-state index contributed by atoms with van der Waals surface area (Å²) in [5.74, 6) is -0.195. The van der Waals surface area contributed by atoms with Crippen molar-refractivity contribution in [2.24, 2.45) is 0 Å². The lowest BCUT2D eigenvalue weighted by Gasteiger charge is -2.30. The molecule has 0 radical (unpaired) electrons. The molecule has 0 aliphatic carbocycles. The van der Waals surface area contributed by atoms with Crippen molar-refractivity contribution in [3.05, 3.63) is 58.2 Å². The van der Waals surface area contributed by atoms with Gasteiger partial charge in [-0.05, 0) is 48.4 Å². The molecule has 1 aliphatic heterocycles. The Kier molecular flexibility index (Phi) is 3.55. The van der Waals surface area contributed by atoms with E-state index in [1.54, 1.807) is 11.3 Å². The number of anilines is 1. The maximum Gasteiger partial charge on any atom is 0.186 e. The number of halogens is 1. The third-order valence-electron chi connectivity index (χ3n) is 4.99. The van der Waals surface area contributed by atoms with Gasteiger partial charge in [-0.15, -0.1) is 0 Å². The first-order valence-corrected chi connectivity index (χ1v) is 9.69. The van der Waals surface area contributed by atoms with Gasteiger partial charge in [0.25, 0.3) is 0 Å². The Morgan fingerprint density at radius 2 is 2.19 bits per heavy atom. The van der Waals surface area contributed by atoms with Gasteiger partial charge in [0, 0.05) is 28.2 Å². The van der Waals surface area contributed by atoms with Gasteiger partial charge in [0.05, 0.1) is 22.7 Å². The Morgan fingerprint density at radius 1 is 1.31 bits per heavy atom. The van der Waals surface area contributed by atoms with E-state index < -0.39 is 0 Å². The van der Waals surface area contributed by atoms with Gasteiger partial charge in [-0.25, -0.2) is 4.98 Å². The second-order valence-corrected chi connectivity index (χ2v) is 8.24. The average molecular weight is 382 g/mol. The number of aromatic nitrogens is 2. The summed E-state index contributed by atoms with van der Waals surface area (Å²) < 4.78 is 1.18. The van der Waals surface area contributed by atoms with Crippen LogP contribution >= 0.6 is 22.9 Å². The fourth-order valence-corrected chi connectivity index (χ4v) is 5.03. The largest absolute Gasteiger partial charge is 0.357 e. The number of nitrogens with zero attached hydrogens (tertiary/aromatic N) is 2. The topological polar surface area (TPSA) is 49.0 Å². The van der Waals surface area contributed by atoms with Gasteiger partial charge in [0.15, 0.2) is 5.13 Å². The maximum atomic E-state index is 11.9. The second-order valence-electron chi connectivity index (χ2n) is 6.80. The molecule has 0 bridgehead atoms. The van der Waals surface area contributed by atoms with Crippen molar-refractivity contribution in [3.63, 3.8) is 0 Å². The normalized spacial score (nSPS) is 17.0. The Labute approximate surface area is 159 Å². The number of fused-ring (bicyclic) bond motifs is 4. The molecule has 0 amide bonds. The number of rotatable bonds is 2.